The second kappa shape index (κ2) is 8.80. The zero-order valence-electron chi connectivity index (χ0n) is 15.6. The van der Waals surface area contributed by atoms with Gasteiger partial charge in [-0.1, -0.05) is 42.5 Å². The fourth-order valence-corrected chi connectivity index (χ4v) is 3.27. The highest BCUT2D eigenvalue weighted by atomic mass is 16.5. The monoisotopic (exact) mass is 377 g/mol. The largest absolute Gasteiger partial charge is 0.421 e. The third kappa shape index (κ3) is 4.64. The zero-order chi connectivity index (χ0) is 19.2. The van der Waals surface area contributed by atoms with Gasteiger partial charge in [0.25, 0.3) is 0 Å². The summed E-state index contributed by atoms with van der Waals surface area (Å²) >= 11 is 0. The molecule has 1 amide bonds. The molecule has 0 unspecified atom stereocenters. The number of hydrogen-bond acceptors (Lipinski definition) is 5. The Labute approximate surface area is 163 Å². The van der Waals surface area contributed by atoms with Crippen molar-refractivity contribution in [2.45, 2.75) is 31.7 Å². The van der Waals surface area contributed by atoms with Crippen LogP contribution >= 0.6 is 0 Å². The first kappa shape index (κ1) is 18.4. The quantitative estimate of drug-likeness (QED) is 0.710. The highest BCUT2D eigenvalue weighted by molar-refractivity contribution is 5.76. The molecule has 0 radical (unpaired) electrons. The van der Waals surface area contributed by atoms with E-state index < -0.39 is 0 Å². The van der Waals surface area contributed by atoms with Crippen LogP contribution in [0.3, 0.4) is 0 Å². The lowest BCUT2D eigenvalue weighted by Crippen LogP contribution is -2.38. The summed E-state index contributed by atoms with van der Waals surface area (Å²) in [5.74, 6) is 0.961. The van der Waals surface area contributed by atoms with Crippen LogP contribution in [0.15, 0.2) is 59.0 Å². The standard InChI is InChI=1S/C22H23N3O3/c26-20(23-19-12-14-27-15-13-19)10-11-21-24-25-22(28-21)18-8-6-17(7-9-18)16-4-2-1-3-5-16/h1-9,19H,10-15H2,(H,23,26). The van der Waals surface area contributed by atoms with E-state index in [-0.39, 0.29) is 11.9 Å². The highest BCUT2D eigenvalue weighted by Crippen LogP contribution is 2.24. The first-order chi connectivity index (χ1) is 13.8. The zero-order valence-corrected chi connectivity index (χ0v) is 15.6. The average Bonchev–Trinajstić information content (AvgIpc) is 3.23. The molecule has 0 spiro atoms. The van der Waals surface area contributed by atoms with Crippen LogP contribution in [-0.2, 0) is 16.0 Å². The second-order valence-electron chi connectivity index (χ2n) is 6.90. The summed E-state index contributed by atoms with van der Waals surface area (Å²) in [6.07, 6.45) is 2.51. The van der Waals surface area contributed by atoms with E-state index in [0.29, 0.717) is 37.8 Å². The van der Waals surface area contributed by atoms with E-state index in [1.165, 1.54) is 0 Å². The van der Waals surface area contributed by atoms with Gasteiger partial charge in [0.2, 0.25) is 17.7 Å². The molecule has 0 atom stereocenters. The first-order valence-electron chi connectivity index (χ1n) is 9.63. The lowest BCUT2D eigenvalue weighted by Gasteiger charge is -2.22. The van der Waals surface area contributed by atoms with Crippen LogP contribution in [0.25, 0.3) is 22.6 Å². The number of benzene rings is 2. The van der Waals surface area contributed by atoms with E-state index >= 15 is 0 Å². The number of rotatable bonds is 6. The Morgan fingerprint density at radius 3 is 2.36 bits per heavy atom. The maximum Gasteiger partial charge on any atom is 0.247 e. The van der Waals surface area contributed by atoms with Crippen molar-refractivity contribution >= 4 is 5.91 Å². The molecule has 3 aromatic rings. The molecule has 1 saturated heterocycles. The molecule has 1 aliphatic rings. The van der Waals surface area contributed by atoms with E-state index in [2.05, 4.69) is 27.6 Å². The van der Waals surface area contributed by atoms with E-state index in [0.717, 1.165) is 29.5 Å². The van der Waals surface area contributed by atoms with E-state index in [4.69, 9.17) is 9.15 Å². The Bertz CT molecular complexity index is 900. The number of hydrogen-bond donors (Lipinski definition) is 1. The summed E-state index contributed by atoms with van der Waals surface area (Å²) in [5, 5.41) is 11.2. The van der Waals surface area contributed by atoms with Gasteiger partial charge < -0.3 is 14.5 Å². The van der Waals surface area contributed by atoms with Crippen molar-refractivity contribution < 1.29 is 13.9 Å². The lowest BCUT2D eigenvalue weighted by atomic mass is 10.0. The van der Waals surface area contributed by atoms with E-state index in [1.807, 2.05) is 42.5 Å². The molecule has 1 aliphatic heterocycles. The van der Waals surface area contributed by atoms with Crippen LogP contribution in [-0.4, -0.2) is 35.4 Å². The molecule has 6 heteroatoms. The second-order valence-corrected chi connectivity index (χ2v) is 6.90. The van der Waals surface area contributed by atoms with Crippen LogP contribution in [0.4, 0.5) is 0 Å². The minimum Gasteiger partial charge on any atom is -0.421 e. The number of ether oxygens (including phenoxy) is 1. The third-order valence-corrected chi connectivity index (χ3v) is 4.86. The third-order valence-electron chi connectivity index (χ3n) is 4.86. The molecular weight excluding hydrogens is 354 g/mol. The van der Waals surface area contributed by atoms with Gasteiger partial charge in [0.1, 0.15) is 0 Å². The molecule has 6 nitrogen and oxygen atoms in total. The molecule has 1 fully saturated rings. The summed E-state index contributed by atoms with van der Waals surface area (Å²) in [6.45, 7) is 1.42. The molecule has 1 aromatic heterocycles. The van der Waals surface area contributed by atoms with Crippen LogP contribution in [0.2, 0.25) is 0 Å². The molecular formula is C22H23N3O3. The van der Waals surface area contributed by atoms with Crippen molar-refractivity contribution in [2.75, 3.05) is 13.2 Å². The van der Waals surface area contributed by atoms with Gasteiger partial charge in [-0.3, -0.25) is 4.79 Å². The Balaban J connectivity index is 1.33. The Morgan fingerprint density at radius 1 is 0.929 bits per heavy atom. The molecule has 1 N–H and O–H groups in total. The minimum atomic E-state index is 0.0128. The number of carbonyl (C=O) groups excluding carboxylic acids is 1. The smallest absolute Gasteiger partial charge is 0.247 e. The van der Waals surface area contributed by atoms with Crippen molar-refractivity contribution in [3.05, 3.63) is 60.5 Å². The highest BCUT2D eigenvalue weighted by Gasteiger charge is 2.17. The van der Waals surface area contributed by atoms with Crippen LogP contribution < -0.4 is 5.32 Å². The lowest BCUT2D eigenvalue weighted by molar-refractivity contribution is -0.122. The fraction of sp³-hybridized carbons (Fsp3) is 0.318. The van der Waals surface area contributed by atoms with Crippen molar-refractivity contribution in [3.8, 4) is 22.6 Å². The normalized spacial score (nSPS) is 14.7. The predicted octanol–water partition coefficient (Wildman–Crippen LogP) is 3.63. The fourth-order valence-electron chi connectivity index (χ4n) is 3.27. The van der Waals surface area contributed by atoms with Gasteiger partial charge in [-0.25, -0.2) is 0 Å². The topological polar surface area (TPSA) is 77.2 Å². The average molecular weight is 377 g/mol. The SMILES string of the molecule is O=C(CCc1nnc(-c2ccc(-c3ccccc3)cc2)o1)NC1CCOCC1. The van der Waals surface area contributed by atoms with E-state index in [1.54, 1.807) is 0 Å². The number of nitrogens with one attached hydrogen (secondary N) is 1. The maximum atomic E-state index is 12.1. The van der Waals surface area contributed by atoms with Crippen LogP contribution in [0.1, 0.15) is 25.2 Å². The number of carbonyl (C=O) groups is 1. The van der Waals surface area contributed by atoms with Gasteiger partial charge in [-0.15, -0.1) is 10.2 Å². The van der Waals surface area contributed by atoms with Crippen molar-refractivity contribution in [1.29, 1.82) is 0 Å². The Hall–Kier alpha value is -2.99. The molecule has 2 heterocycles. The van der Waals surface area contributed by atoms with Gasteiger partial charge in [-0.05, 0) is 36.1 Å². The van der Waals surface area contributed by atoms with Crippen molar-refractivity contribution in [2.24, 2.45) is 0 Å². The Morgan fingerprint density at radius 2 is 1.61 bits per heavy atom. The molecule has 0 bridgehead atoms. The molecule has 0 aliphatic carbocycles. The molecule has 2 aromatic carbocycles. The molecule has 0 saturated carbocycles. The van der Waals surface area contributed by atoms with Gasteiger partial charge >= 0.3 is 0 Å². The minimum absolute atomic E-state index is 0.0128. The number of aromatic nitrogens is 2. The molecule has 28 heavy (non-hydrogen) atoms. The van der Waals surface area contributed by atoms with Gasteiger partial charge in [0, 0.05) is 37.7 Å². The van der Waals surface area contributed by atoms with Gasteiger partial charge in [0.05, 0.1) is 0 Å². The van der Waals surface area contributed by atoms with Crippen LogP contribution in [0, 0.1) is 0 Å². The number of nitrogens with zero attached hydrogens (tertiary/aromatic N) is 2. The number of amides is 1. The van der Waals surface area contributed by atoms with Crippen LogP contribution in [0.5, 0.6) is 0 Å². The Kier molecular flexibility index (Phi) is 5.77. The van der Waals surface area contributed by atoms with E-state index in [9.17, 15) is 4.79 Å². The summed E-state index contributed by atoms with van der Waals surface area (Å²) in [5.41, 5.74) is 3.16. The first-order valence-corrected chi connectivity index (χ1v) is 9.63. The number of aryl methyl sites for hydroxylation is 1. The maximum absolute atomic E-state index is 12.1. The summed E-state index contributed by atoms with van der Waals surface area (Å²) in [6, 6.07) is 18.4. The predicted molar refractivity (Wildman–Crippen MR) is 105 cm³/mol. The van der Waals surface area contributed by atoms with Gasteiger partial charge in [0.15, 0.2) is 0 Å². The van der Waals surface area contributed by atoms with Gasteiger partial charge in [-0.2, -0.15) is 0 Å². The van der Waals surface area contributed by atoms with Crippen molar-refractivity contribution in [1.82, 2.24) is 15.5 Å². The summed E-state index contributed by atoms with van der Waals surface area (Å²) < 4.78 is 11.0. The molecule has 4 rings (SSSR count). The van der Waals surface area contributed by atoms with Crippen molar-refractivity contribution in [3.63, 3.8) is 0 Å². The molecule has 144 valence electrons. The summed E-state index contributed by atoms with van der Waals surface area (Å²) in [4.78, 5) is 12.1. The summed E-state index contributed by atoms with van der Waals surface area (Å²) in [7, 11) is 0.